The van der Waals surface area contributed by atoms with E-state index >= 15 is 0 Å². The number of hydrogen-bond donors (Lipinski definition) is 1. The molecule has 0 saturated carbocycles. The number of halogens is 1. The molecule has 0 bridgehead atoms. The van der Waals surface area contributed by atoms with Crippen LogP contribution in [0.25, 0.3) is 0 Å². The summed E-state index contributed by atoms with van der Waals surface area (Å²) >= 11 is 5.87. The van der Waals surface area contributed by atoms with Crippen molar-refractivity contribution >= 4 is 23.4 Å². The molecule has 2 aromatic carbocycles. The molecule has 1 heterocycles. The highest BCUT2D eigenvalue weighted by Crippen LogP contribution is 2.30. The predicted molar refractivity (Wildman–Crippen MR) is 118 cm³/mol. The highest BCUT2D eigenvalue weighted by atomic mass is 35.5. The van der Waals surface area contributed by atoms with E-state index in [0.29, 0.717) is 53.8 Å². The van der Waals surface area contributed by atoms with E-state index in [1.54, 1.807) is 54.3 Å². The Balaban J connectivity index is 1.54. The molecule has 2 amide bonds. The van der Waals surface area contributed by atoms with Gasteiger partial charge in [0.2, 0.25) is 0 Å². The highest BCUT2D eigenvalue weighted by Gasteiger charge is 2.29. The van der Waals surface area contributed by atoms with Gasteiger partial charge < -0.3 is 24.4 Å². The van der Waals surface area contributed by atoms with Crippen LogP contribution in [0, 0.1) is 0 Å². The lowest BCUT2D eigenvalue weighted by Crippen LogP contribution is -2.49. The van der Waals surface area contributed by atoms with Gasteiger partial charge in [-0.2, -0.15) is 0 Å². The summed E-state index contributed by atoms with van der Waals surface area (Å²) in [5.41, 5.74) is 0.417. The van der Waals surface area contributed by atoms with Crippen molar-refractivity contribution < 1.29 is 23.8 Å². The van der Waals surface area contributed by atoms with Gasteiger partial charge in [-0.1, -0.05) is 17.7 Å². The topological polar surface area (TPSA) is 77.1 Å². The summed E-state index contributed by atoms with van der Waals surface area (Å²) < 4.78 is 16.4. The van der Waals surface area contributed by atoms with Crippen molar-refractivity contribution in [2.45, 2.75) is 31.9 Å². The number of nitrogens with zero attached hydrogens (tertiary/aromatic N) is 1. The summed E-state index contributed by atoms with van der Waals surface area (Å²) in [6, 6.07) is 12.1. The van der Waals surface area contributed by atoms with Crippen molar-refractivity contribution in [2.75, 3.05) is 27.3 Å². The third kappa shape index (κ3) is 5.61. The molecule has 1 N–H and O–H groups in total. The number of carbonyl (C=O) groups is 2. The average molecular weight is 447 g/mol. The van der Waals surface area contributed by atoms with E-state index in [-0.39, 0.29) is 17.9 Å². The van der Waals surface area contributed by atoms with E-state index in [0.717, 1.165) is 0 Å². The van der Waals surface area contributed by atoms with Crippen molar-refractivity contribution in [3.05, 3.63) is 53.1 Å². The van der Waals surface area contributed by atoms with Crippen LogP contribution < -0.4 is 19.5 Å². The first kappa shape index (κ1) is 22.7. The normalized spacial score (nSPS) is 15.2. The Morgan fingerprint density at radius 3 is 2.16 bits per heavy atom. The van der Waals surface area contributed by atoms with Crippen molar-refractivity contribution in [1.82, 2.24) is 10.2 Å². The van der Waals surface area contributed by atoms with Crippen molar-refractivity contribution in [2.24, 2.45) is 0 Å². The Bertz CT molecular complexity index is 888. The zero-order valence-electron chi connectivity index (χ0n) is 17.9. The van der Waals surface area contributed by atoms with Crippen LogP contribution in [0.1, 0.15) is 30.1 Å². The lowest BCUT2D eigenvalue weighted by molar-refractivity contribution is -0.128. The van der Waals surface area contributed by atoms with Crippen LogP contribution in [0.4, 0.5) is 0 Å². The summed E-state index contributed by atoms with van der Waals surface area (Å²) in [6.45, 7) is 2.76. The molecule has 8 heteroatoms. The Hall–Kier alpha value is -2.93. The second kappa shape index (κ2) is 10.4. The number of carbonyl (C=O) groups excluding carboxylic acids is 2. The molecule has 3 rings (SSSR count). The molecule has 0 aliphatic carbocycles. The first-order valence-corrected chi connectivity index (χ1v) is 10.5. The summed E-state index contributed by atoms with van der Waals surface area (Å²) in [7, 11) is 3.06. The van der Waals surface area contributed by atoms with Gasteiger partial charge in [0.05, 0.1) is 14.2 Å². The molecule has 166 valence electrons. The molecule has 2 aromatic rings. The second-order valence-corrected chi connectivity index (χ2v) is 7.76. The number of amides is 2. The van der Waals surface area contributed by atoms with Crippen LogP contribution >= 0.6 is 11.6 Å². The van der Waals surface area contributed by atoms with Crippen LogP contribution in [-0.2, 0) is 4.79 Å². The molecule has 1 aliphatic heterocycles. The first-order valence-electron chi connectivity index (χ1n) is 10.2. The minimum absolute atomic E-state index is 0.0209. The first-order chi connectivity index (χ1) is 14.9. The number of ether oxygens (including phenoxy) is 3. The third-order valence-corrected chi connectivity index (χ3v) is 5.52. The van der Waals surface area contributed by atoms with Gasteiger partial charge in [-0.3, -0.25) is 9.59 Å². The Labute approximate surface area is 187 Å². The number of hydrogen-bond acceptors (Lipinski definition) is 5. The largest absolute Gasteiger partial charge is 0.496 e. The quantitative estimate of drug-likeness (QED) is 0.703. The van der Waals surface area contributed by atoms with E-state index in [2.05, 4.69) is 5.32 Å². The molecule has 1 aliphatic rings. The fraction of sp³-hybridized carbons (Fsp3) is 0.391. The molecule has 0 aromatic heterocycles. The maximum Gasteiger partial charge on any atom is 0.261 e. The standard InChI is InChI=1S/C23H27ClN2O5/c1-15(31-18-9-7-16(24)8-10-18)22(27)25-17-11-13-26(14-12-17)23(28)21-19(29-2)5-4-6-20(21)30-3/h4-10,15,17H,11-14H2,1-3H3,(H,25,27). The molecule has 1 fully saturated rings. The highest BCUT2D eigenvalue weighted by molar-refractivity contribution is 6.30. The molecule has 1 unspecified atom stereocenters. The van der Waals surface area contributed by atoms with Gasteiger partial charge in [0.1, 0.15) is 22.8 Å². The van der Waals surface area contributed by atoms with E-state index < -0.39 is 6.10 Å². The van der Waals surface area contributed by atoms with Gasteiger partial charge in [-0.05, 0) is 56.2 Å². The van der Waals surface area contributed by atoms with Gasteiger partial charge in [0.25, 0.3) is 11.8 Å². The second-order valence-electron chi connectivity index (χ2n) is 7.33. The number of benzene rings is 2. The van der Waals surface area contributed by atoms with Crippen LogP contribution in [-0.4, -0.2) is 56.2 Å². The zero-order chi connectivity index (χ0) is 22.4. The summed E-state index contributed by atoms with van der Waals surface area (Å²) in [4.78, 5) is 27.3. The molecular formula is C23H27ClN2O5. The Morgan fingerprint density at radius 1 is 1.03 bits per heavy atom. The van der Waals surface area contributed by atoms with E-state index in [9.17, 15) is 9.59 Å². The smallest absolute Gasteiger partial charge is 0.261 e. The number of likely N-dealkylation sites (tertiary alicyclic amines) is 1. The molecular weight excluding hydrogens is 420 g/mol. The number of nitrogens with one attached hydrogen (secondary N) is 1. The third-order valence-electron chi connectivity index (χ3n) is 5.27. The monoisotopic (exact) mass is 446 g/mol. The number of methoxy groups -OCH3 is 2. The fourth-order valence-corrected chi connectivity index (χ4v) is 3.66. The van der Waals surface area contributed by atoms with Crippen LogP contribution in [0.15, 0.2) is 42.5 Å². The number of rotatable bonds is 7. The van der Waals surface area contributed by atoms with Crippen LogP contribution in [0.2, 0.25) is 5.02 Å². The molecule has 7 nitrogen and oxygen atoms in total. The Kier molecular flexibility index (Phi) is 7.63. The van der Waals surface area contributed by atoms with Crippen molar-refractivity contribution in [3.63, 3.8) is 0 Å². The van der Waals surface area contributed by atoms with Gasteiger partial charge in [-0.15, -0.1) is 0 Å². The average Bonchev–Trinajstić information content (AvgIpc) is 2.79. The van der Waals surface area contributed by atoms with Crippen molar-refractivity contribution in [3.8, 4) is 17.2 Å². The molecule has 0 spiro atoms. The van der Waals surface area contributed by atoms with Gasteiger partial charge in [-0.25, -0.2) is 0 Å². The predicted octanol–water partition coefficient (Wildman–Crippen LogP) is 3.55. The zero-order valence-corrected chi connectivity index (χ0v) is 18.6. The van der Waals surface area contributed by atoms with Crippen molar-refractivity contribution in [1.29, 1.82) is 0 Å². The molecule has 1 atom stereocenters. The summed E-state index contributed by atoms with van der Waals surface area (Å²) in [5.74, 6) is 1.21. The maximum absolute atomic E-state index is 13.1. The van der Waals surface area contributed by atoms with E-state index in [1.807, 2.05) is 0 Å². The number of piperidine rings is 1. The fourth-order valence-electron chi connectivity index (χ4n) is 3.54. The maximum atomic E-state index is 13.1. The van der Waals surface area contributed by atoms with Crippen LogP contribution in [0.5, 0.6) is 17.2 Å². The minimum atomic E-state index is -0.640. The molecule has 31 heavy (non-hydrogen) atoms. The molecule has 0 radical (unpaired) electrons. The van der Waals surface area contributed by atoms with E-state index in [1.165, 1.54) is 14.2 Å². The van der Waals surface area contributed by atoms with E-state index in [4.69, 9.17) is 25.8 Å². The van der Waals surface area contributed by atoms with Crippen LogP contribution in [0.3, 0.4) is 0 Å². The molecule has 1 saturated heterocycles. The lowest BCUT2D eigenvalue weighted by atomic mass is 10.0. The van der Waals surface area contributed by atoms with Gasteiger partial charge >= 0.3 is 0 Å². The summed E-state index contributed by atoms with van der Waals surface area (Å²) in [6.07, 6.45) is 0.671. The lowest BCUT2D eigenvalue weighted by Gasteiger charge is -2.33. The van der Waals surface area contributed by atoms with Gasteiger partial charge in [0, 0.05) is 24.2 Å². The van der Waals surface area contributed by atoms with Gasteiger partial charge in [0.15, 0.2) is 6.10 Å². The summed E-state index contributed by atoms with van der Waals surface area (Å²) in [5, 5.41) is 3.63. The Morgan fingerprint density at radius 2 is 1.61 bits per heavy atom. The minimum Gasteiger partial charge on any atom is -0.496 e. The SMILES string of the molecule is COc1cccc(OC)c1C(=O)N1CCC(NC(=O)C(C)Oc2ccc(Cl)cc2)CC1.